The van der Waals surface area contributed by atoms with Gasteiger partial charge >= 0.3 is 0 Å². The van der Waals surface area contributed by atoms with Crippen LogP contribution in [0.2, 0.25) is 0 Å². The molecule has 1 unspecified atom stereocenters. The number of likely N-dealkylation sites (N-methyl/N-ethyl adjacent to an activating group) is 1. The topological polar surface area (TPSA) is 180 Å². The molecule has 0 spiro atoms. The SMILES string of the molecule is COc1c(CN(C)CCOC(C)C)cc(O)c2c1CC1C[C@H]3CC(=O)C(C(N)=O)=C(O)[C@@]3(O)C(=O)C1=C2O. The number of primary amides is 1. The lowest BCUT2D eigenvalue weighted by molar-refractivity contribution is -0.147. The highest BCUT2D eigenvalue weighted by Crippen LogP contribution is 2.53. The van der Waals surface area contributed by atoms with Crippen molar-refractivity contribution in [3.8, 4) is 11.5 Å². The highest BCUT2D eigenvalue weighted by Gasteiger charge is 2.60. The molecule has 6 N–H and O–H groups in total. The van der Waals surface area contributed by atoms with Crippen molar-refractivity contribution in [3.63, 3.8) is 0 Å². The standard InChI is InChI=1S/C27H34N2O9/c1-12(2)38-6-5-29(3)11-14-9-17(30)20-16(23(14)37-4)8-13-7-15-10-18(31)21(26(28)35)25(34)27(15,36)24(33)19(13)22(20)32/h9,12-13,15,30,32,34,36H,5-8,10-11H2,1-4H3,(H2,28,35)/t13?,15-,27-/m0/s1. The predicted molar refractivity (Wildman–Crippen MR) is 135 cm³/mol. The number of rotatable bonds is 8. The zero-order valence-corrected chi connectivity index (χ0v) is 21.9. The Morgan fingerprint density at radius 3 is 2.53 bits per heavy atom. The van der Waals surface area contributed by atoms with Gasteiger partial charge in [-0.2, -0.15) is 0 Å². The summed E-state index contributed by atoms with van der Waals surface area (Å²) in [5, 5.41) is 44.1. The van der Waals surface area contributed by atoms with E-state index in [1.807, 2.05) is 25.8 Å². The van der Waals surface area contributed by atoms with Crippen LogP contribution < -0.4 is 10.5 Å². The molecular formula is C27H34N2O9. The average Bonchev–Trinajstić information content (AvgIpc) is 2.81. The number of aromatic hydroxyl groups is 1. The van der Waals surface area contributed by atoms with Crippen LogP contribution >= 0.6 is 0 Å². The molecule has 0 aliphatic heterocycles. The van der Waals surface area contributed by atoms with Gasteiger partial charge in [-0.05, 0) is 45.7 Å². The molecule has 1 aromatic carbocycles. The van der Waals surface area contributed by atoms with Gasteiger partial charge in [0.05, 0.1) is 25.4 Å². The van der Waals surface area contributed by atoms with E-state index < -0.39 is 52.0 Å². The molecule has 11 nitrogen and oxygen atoms in total. The first-order chi connectivity index (χ1) is 17.8. The van der Waals surface area contributed by atoms with Gasteiger partial charge in [0.15, 0.2) is 11.4 Å². The number of hydrogen-bond acceptors (Lipinski definition) is 10. The first kappa shape index (κ1) is 27.6. The summed E-state index contributed by atoms with van der Waals surface area (Å²) in [4.78, 5) is 39.9. The van der Waals surface area contributed by atoms with E-state index in [-0.39, 0.29) is 42.3 Å². The van der Waals surface area contributed by atoms with Gasteiger partial charge in [-0.15, -0.1) is 0 Å². The summed E-state index contributed by atoms with van der Waals surface area (Å²) < 4.78 is 11.3. The molecule has 3 atom stereocenters. The second-order valence-corrected chi connectivity index (χ2v) is 10.5. The van der Waals surface area contributed by atoms with Crippen molar-refractivity contribution in [2.45, 2.75) is 51.4 Å². The first-order valence-corrected chi connectivity index (χ1v) is 12.5. The summed E-state index contributed by atoms with van der Waals surface area (Å²) in [7, 11) is 3.38. The van der Waals surface area contributed by atoms with Gasteiger partial charge in [-0.1, -0.05) is 0 Å². The Hall–Kier alpha value is -3.41. The molecule has 1 amide bonds. The summed E-state index contributed by atoms with van der Waals surface area (Å²) in [6.07, 6.45) is -0.0270. The summed E-state index contributed by atoms with van der Waals surface area (Å²) in [6, 6.07) is 1.46. The van der Waals surface area contributed by atoms with E-state index in [9.17, 15) is 34.8 Å². The third-order valence-corrected chi connectivity index (χ3v) is 7.66. The Kier molecular flexibility index (Phi) is 7.30. The maximum absolute atomic E-state index is 13.6. The molecule has 0 aromatic heterocycles. The molecule has 1 fully saturated rings. The number of methoxy groups -OCH3 is 1. The molecule has 0 heterocycles. The number of amides is 1. The lowest BCUT2D eigenvalue weighted by atomic mass is 9.59. The van der Waals surface area contributed by atoms with E-state index in [0.29, 0.717) is 36.6 Å². The fraction of sp³-hybridized carbons (Fsp3) is 0.519. The second-order valence-electron chi connectivity index (χ2n) is 10.5. The van der Waals surface area contributed by atoms with E-state index in [1.165, 1.54) is 13.2 Å². The van der Waals surface area contributed by atoms with Crippen molar-refractivity contribution in [2.75, 3.05) is 27.3 Å². The highest BCUT2D eigenvalue weighted by molar-refractivity contribution is 6.22. The number of Topliss-reactive ketones (excluding diaryl/α,β-unsaturated/α-hetero) is 2. The number of ketones is 2. The zero-order chi connectivity index (χ0) is 28.1. The zero-order valence-electron chi connectivity index (χ0n) is 21.9. The minimum Gasteiger partial charge on any atom is -0.508 e. The molecule has 1 saturated carbocycles. The van der Waals surface area contributed by atoms with Crippen molar-refractivity contribution in [2.24, 2.45) is 17.6 Å². The minimum absolute atomic E-state index is 0.00326. The number of hydrogen-bond donors (Lipinski definition) is 5. The largest absolute Gasteiger partial charge is 0.508 e. The molecule has 11 heteroatoms. The van der Waals surface area contributed by atoms with Crippen LogP contribution in [-0.2, 0) is 32.1 Å². The number of carbonyl (C=O) groups is 3. The molecule has 3 aliphatic rings. The lowest BCUT2D eigenvalue weighted by Crippen LogP contribution is -2.58. The van der Waals surface area contributed by atoms with Crippen LogP contribution in [0.25, 0.3) is 5.76 Å². The summed E-state index contributed by atoms with van der Waals surface area (Å²) >= 11 is 0. The number of benzene rings is 1. The molecule has 4 rings (SSSR count). The van der Waals surface area contributed by atoms with Gasteiger partial charge < -0.3 is 35.6 Å². The van der Waals surface area contributed by atoms with Crippen molar-refractivity contribution in [3.05, 3.63) is 39.7 Å². The van der Waals surface area contributed by atoms with Crippen molar-refractivity contribution in [1.29, 1.82) is 0 Å². The maximum atomic E-state index is 13.6. The monoisotopic (exact) mass is 530 g/mol. The Bertz CT molecular complexity index is 1270. The molecule has 0 radical (unpaired) electrons. The highest BCUT2D eigenvalue weighted by atomic mass is 16.5. The van der Waals surface area contributed by atoms with E-state index >= 15 is 0 Å². The summed E-state index contributed by atoms with van der Waals surface area (Å²) in [6.45, 7) is 5.47. The number of fused-ring (bicyclic) bond motifs is 3. The number of phenols is 1. The number of aliphatic hydroxyl groups is 3. The summed E-state index contributed by atoms with van der Waals surface area (Å²) in [5.41, 5.74) is 2.80. The first-order valence-electron chi connectivity index (χ1n) is 12.5. The van der Waals surface area contributed by atoms with E-state index in [2.05, 4.69) is 0 Å². The Morgan fingerprint density at radius 1 is 1.24 bits per heavy atom. The quantitative estimate of drug-likeness (QED) is 0.307. The molecule has 38 heavy (non-hydrogen) atoms. The van der Waals surface area contributed by atoms with Crippen LogP contribution in [0, 0.1) is 11.8 Å². The van der Waals surface area contributed by atoms with Crippen molar-refractivity contribution < 1.29 is 44.3 Å². The van der Waals surface area contributed by atoms with Crippen LogP contribution in [0.4, 0.5) is 0 Å². The summed E-state index contributed by atoms with van der Waals surface area (Å²) in [5.74, 6) is -6.15. The van der Waals surface area contributed by atoms with Crippen molar-refractivity contribution >= 4 is 23.2 Å². The van der Waals surface area contributed by atoms with E-state index in [1.54, 1.807) is 0 Å². The third-order valence-electron chi connectivity index (χ3n) is 7.66. The Balaban J connectivity index is 1.76. The fourth-order valence-electron chi connectivity index (χ4n) is 5.92. The maximum Gasteiger partial charge on any atom is 0.255 e. The van der Waals surface area contributed by atoms with Crippen molar-refractivity contribution in [1.82, 2.24) is 4.90 Å². The van der Waals surface area contributed by atoms with Gasteiger partial charge in [-0.25, -0.2) is 0 Å². The molecule has 3 aliphatic carbocycles. The normalized spacial score (nSPS) is 25.0. The van der Waals surface area contributed by atoms with Crippen LogP contribution in [0.5, 0.6) is 11.5 Å². The number of nitrogens with two attached hydrogens (primary N) is 1. The molecule has 0 saturated heterocycles. The Labute approximate surface area is 220 Å². The van der Waals surface area contributed by atoms with Gasteiger partial charge in [0.1, 0.15) is 28.6 Å². The number of carbonyl (C=O) groups excluding carboxylic acids is 3. The molecule has 206 valence electrons. The smallest absolute Gasteiger partial charge is 0.255 e. The minimum atomic E-state index is -2.59. The van der Waals surface area contributed by atoms with Crippen LogP contribution in [0.3, 0.4) is 0 Å². The number of nitrogens with zero attached hydrogens (tertiary/aromatic N) is 1. The number of phenolic OH excluding ortho intramolecular Hbond substituents is 1. The molecular weight excluding hydrogens is 496 g/mol. The van der Waals surface area contributed by atoms with Gasteiger partial charge in [0.2, 0.25) is 5.78 Å². The number of ether oxygens (including phenoxy) is 2. The predicted octanol–water partition coefficient (Wildman–Crippen LogP) is 1.29. The van der Waals surface area contributed by atoms with Crippen LogP contribution in [-0.4, -0.2) is 81.8 Å². The third kappa shape index (κ3) is 4.34. The fourth-order valence-corrected chi connectivity index (χ4v) is 5.92. The second kappa shape index (κ2) is 10.0. The van der Waals surface area contributed by atoms with Crippen LogP contribution in [0.1, 0.15) is 43.4 Å². The average molecular weight is 531 g/mol. The van der Waals surface area contributed by atoms with Gasteiger partial charge in [0, 0.05) is 42.1 Å². The Morgan fingerprint density at radius 2 is 1.92 bits per heavy atom. The van der Waals surface area contributed by atoms with E-state index in [0.717, 1.165) is 0 Å². The number of aliphatic hydroxyl groups excluding tert-OH is 2. The molecule has 1 aromatic rings. The molecule has 0 bridgehead atoms. The van der Waals surface area contributed by atoms with Gasteiger partial charge in [0.25, 0.3) is 5.91 Å². The van der Waals surface area contributed by atoms with Crippen LogP contribution in [0.15, 0.2) is 23.0 Å². The van der Waals surface area contributed by atoms with E-state index in [4.69, 9.17) is 15.2 Å². The van der Waals surface area contributed by atoms with Gasteiger partial charge in [-0.3, -0.25) is 19.3 Å². The lowest BCUT2D eigenvalue weighted by Gasteiger charge is -2.46.